The van der Waals surface area contributed by atoms with Crippen LogP contribution in [0.4, 0.5) is 0 Å². The third kappa shape index (κ3) is 4.83. The zero-order valence-electron chi connectivity index (χ0n) is 16.4. The van der Waals surface area contributed by atoms with Crippen molar-refractivity contribution in [2.45, 2.75) is 5.60 Å². The van der Waals surface area contributed by atoms with E-state index in [4.69, 9.17) is 14.6 Å². The van der Waals surface area contributed by atoms with Gasteiger partial charge in [-0.1, -0.05) is 72.8 Å². The molecule has 0 aliphatic heterocycles. The van der Waals surface area contributed by atoms with E-state index in [2.05, 4.69) is 5.32 Å². The Bertz CT molecular complexity index is 856. The maximum Gasteiger partial charge on any atom is 0.317 e. The third-order valence-electron chi connectivity index (χ3n) is 4.73. The monoisotopic (exact) mass is 391 g/mol. The molecule has 0 fully saturated rings. The van der Waals surface area contributed by atoms with Crippen LogP contribution in [0, 0.1) is 0 Å². The molecule has 3 rings (SSSR count). The van der Waals surface area contributed by atoms with Gasteiger partial charge in [0.15, 0.2) is 0 Å². The molecular weight excluding hydrogens is 366 g/mol. The van der Waals surface area contributed by atoms with E-state index in [0.29, 0.717) is 13.2 Å². The van der Waals surface area contributed by atoms with Crippen LogP contribution in [-0.4, -0.2) is 37.9 Å². The summed E-state index contributed by atoms with van der Waals surface area (Å²) in [6.45, 7) is 0.655. The second-order valence-corrected chi connectivity index (χ2v) is 6.56. The Hall–Kier alpha value is -3.15. The number of methoxy groups -OCH3 is 1. The van der Waals surface area contributed by atoms with E-state index >= 15 is 0 Å². The number of benzene rings is 3. The molecule has 0 radical (unpaired) electrons. The molecule has 0 aliphatic rings. The molecule has 2 N–H and O–H groups in total. The SMILES string of the molecule is COc1ccc(C(OCCNCC(=O)O)(c2ccccc2)c2ccccc2)cc1. The lowest BCUT2D eigenvalue weighted by atomic mass is 9.80. The molecule has 0 spiro atoms. The molecule has 0 saturated heterocycles. The zero-order valence-corrected chi connectivity index (χ0v) is 16.4. The van der Waals surface area contributed by atoms with E-state index in [-0.39, 0.29) is 6.54 Å². The maximum atomic E-state index is 10.8. The number of carboxylic acid groups (broad SMARTS) is 1. The highest BCUT2D eigenvalue weighted by Gasteiger charge is 2.37. The van der Waals surface area contributed by atoms with Gasteiger partial charge >= 0.3 is 5.97 Å². The van der Waals surface area contributed by atoms with E-state index < -0.39 is 11.6 Å². The van der Waals surface area contributed by atoms with E-state index in [9.17, 15) is 4.79 Å². The van der Waals surface area contributed by atoms with Crippen LogP contribution in [0.1, 0.15) is 16.7 Å². The first kappa shape index (κ1) is 20.6. The smallest absolute Gasteiger partial charge is 0.317 e. The van der Waals surface area contributed by atoms with E-state index in [1.807, 2.05) is 84.9 Å². The van der Waals surface area contributed by atoms with Crippen molar-refractivity contribution in [3.63, 3.8) is 0 Å². The molecule has 3 aromatic carbocycles. The maximum absolute atomic E-state index is 10.8. The van der Waals surface area contributed by atoms with Crippen LogP contribution in [0.3, 0.4) is 0 Å². The Morgan fingerprint density at radius 3 is 1.86 bits per heavy atom. The lowest BCUT2D eigenvalue weighted by Gasteiger charge is -2.36. The standard InChI is InChI=1S/C24H25NO4/c1-28-22-14-12-21(13-15-22)24(19-8-4-2-5-9-19,20-10-6-3-7-11-20)29-17-16-25-18-23(26)27/h2-15,25H,16-18H2,1H3,(H,26,27). The molecule has 150 valence electrons. The van der Waals surface area contributed by atoms with Crippen LogP contribution in [0.5, 0.6) is 5.75 Å². The van der Waals surface area contributed by atoms with Gasteiger partial charge in [0.25, 0.3) is 0 Å². The van der Waals surface area contributed by atoms with E-state index in [0.717, 1.165) is 22.4 Å². The summed E-state index contributed by atoms with van der Waals surface area (Å²) >= 11 is 0. The number of nitrogens with one attached hydrogen (secondary N) is 1. The van der Waals surface area contributed by atoms with Crippen molar-refractivity contribution >= 4 is 5.97 Å². The average Bonchev–Trinajstić information content (AvgIpc) is 2.77. The van der Waals surface area contributed by atoms with Crippen LogP contribution < -0.4 is 10.1 Å². The Kier molecular flexibility index (Phi) is 7.00. The van der Waals surface area contributed by atoms with E-state index in [1.54, 1.807) is 7.11 Å². The lowest BCUT2D eigenvalue weighted by molar-refractivity contribution is -0.136. The van der Waals surface area contributed by atoms with Crippen LogP contribution in [0.2, 0.25) is 0 Å². The summed E-state index contributed by atoms with van der Waals surface area (Å²) in [5.41, 5.74) is 2.12. The van der Waals surface area contributed by atoms with Gasteiger partial charge in [0.2, 0.25) is 0 Å². The number of carbonyl (C=O) groups is 1. The summed E-state index contributed by atoms with van der Waals surface area (Å²) in [6, 6.07) is 27.9. The first-order chi connectivity index (χ1) is 14.2. The molecule has 5 heteroatoms. The number of hydrogen-bond acceptors (Lipinski definition) is 4. The first-order valence-electron chi connectivity index (χ1n) is 9.49. The molecule has 0 amide bonds. The third-order valence-corrected chi connectivity index (χ3v) is 4.73. The molecule has 5 nitrogen and oxygen atoms in total. The number of ether oxygens (including phenoxy) is 2. The van der Waals surface area contributed by atoms with Gasteiger partial charge in [0.05, 0.1) is 20.3 Å². The summed E-state index contributed by atoms with van der Waals surface area (Å²) in [5, 5.41) is 11.7. The molecule has 0 atom stereocenters. The van der Waals surface area contributed by atoms with Crippen molar-refractivity contribution in [1.29, 1.82) is 0 Å². The molecule has 0 heterocycles. The second-order valence-electron chi connectivity index (χ2n) is 6.56. The molecule has 29 heavy (non-hydrogen) atoms. The molecule has 0 bridgehead atoms. The molecule has 0 aliphatic carbocycles. The molecule has 0 saturated carbocycles. The second kappa shape index (κ2) is 9.87. The van der Waals surface area contributed by atoms with Gasteiger partial charge < -0.3 is 19.9 Å². The van der Waals surface area contributed by atoms with Gasteiger partial charge in [-0.25, -0.2) is 0 Å². The molecule has 0 unspecified atom stereocenters. The Morgan fingerprint density at radius 2 is 1.38 bits per heavy atom. The van der Waals surface area contributed by atoms with Gasteiger partial charge in [0, 0.05) is 6.54 Å². The Balaban J connectivity index is 2.04. The van der Waals surface area contributed by atoms with Gasteiger partial charge in [0.1, 0.15) is 11.4 Å². The quantitative estimate of drug-likeness (QED) is 0.408. The van der Waals surface area contributed by atoms with Crippen molar-refractivity contribution in [2.75, 3.05) is 26.8 Å². The van der Waals surface area contributed by atoms with Crippen LogP contribution in [-0.2, 0) is 15.1 Å². The summed E-state index contributed by atoms with van der Waals surface area (Å²) in [7, 11) is 1.64. The minimum absolute atomic E-state index is 0.102. The van der Waals surface area contributed by atoms with Gasteiger partial charge in [-0.2, -0.15) is 0 Å². The first-order valence-corrected chi connectivity index (χ1v) is 9.49. The average molecular weight is 391 g/mol. The van der Waals surface area contributed by atoms with Crippen LogP contribution in [0.15, 0.2) is 84.9 Å². The van der Waals surface area contributed by atoms with E-state index in [1.165, 1.54) is 0 Å². The van der Waals surface area contributed by atoms with Crippen LogP contribution in [0.25, 0.3) is 0 Å². The Morgan fingerprint density at radius 1 is 0.862 bits per heavy atom. The highest BCUT2D eigenvalue weighted by molar-refractivity contribution is 5.68. The topological polar surface area (TPSA) is 67.8 Å². The van der Waals surface area contributed by atoms with Crippen LogP contribution >= 0.6 is 0 Å². The minimum Gasteiger partial charge on any atom is -0.497 e. The predicted molar refractivity (Wildman–Crippen MR) is 112 cm³/mol. The fourth-order valence-corrected chi connectivity index (χ4v) is 3.39. The Labute approximate surface area is 170 Å². The summed E-state index contributed by atoms with van der Waals surface area (Å²) in [6.07, 6.45) is 0. The van der Waals surface area contributed by atoms with Crippen molar-refractivity contribution < 1.29 is 19.4 Å². The van der Waals surface area contributed by atoms with Gasteiger partial charge in [-0.05, 0) is 28.8 Å². The summed E-state index contributed by atoms with van der Waals surface area (Å²) < 4.78 is 11.9. The van der Waals surface area contributed by atoms with Gasteiger partial charge in [-0.3, -0.25) is 4.79 Å². The highest BCUT2D eigenvalue weighted by atomic mass is 16.5. The fraction of sp³-hybridized carbons (Fsp3) is 0.208. The normalized spacial score (nSPS) is 11.2. The number of aliphatic carboxylic acids is 1. The van der Waals surface area contributed by atoms with Gasteiger partial charge in [-0.15, -0.1) is 0 Å². The summed E-state index contributed by atoms with van der Waals surface area (Å²) in [4.78, 5) is 10.8. The number of rotatable bonds is 10. The highest BCUT2D eigenvalue weighted by Crippen LogP contribution is 2.40. The zero-order chi connectivity index (χ0) is 20.5. The molecule has 0 aromatic heterocycles. The minimum atomic E-state index is -0.891. The van der Waals surface area contributed by atoms with Crippen molar-refractivity contribution in [2.24, 2.45) is 0 Å². The number of carboxylic acids is 1. The molecule has 3 aromatic rings. The lowest BCUT2D eigenvalue weighted by Crippen LogP contribution is -2.36. The molecular formula is C24H25NO4. The van der Waals surface area contributed by atoms with Crippen molar-refractivity contribution in [3.05, 3.63) is 102 Å². The van der Waals surface area contributed by atoms with Crippen molar-refractivity contribution in [3.8, 4) is 5.75 Å². The van der Waals surface area contributed by atoms with Crippen molar-refractivity contribution in [1.82, 2.24) is 5.32 Å². The largest absolute Gasteiger partial charge is 0.497 e. The fourth-order valence-electron chi connectivity index (χ4n) is 3.39. The number of hydrogen-bond donors (Lipinski definition) is 2. The predicted octanol–water partition coefficient (Wildman–Crippen LogP) is 3.68. The summed E-state index contributed by atoms with van der Waals surface area (Å²) in [5.74, 6) is -0.121.